The van der Waals surface area contributed by atoms with Crippen molar-refractivity contribution in [2.45, 2.75) is 19.9 Å². The van der Waals surface area contributed by atoms with Crippen molar-refractivity contribution in [3.8, 4) is 0 Å². The van der Waals surface area contributed by atoms with Gasteiger partial charge in [0.15, 0.2) is 0 Å². The Hall–Kier alpha value is -0.160. The maximum atomic E-state index is 9.23. The van der Waals surface area contributed by atoms with Crippen molar-refractivity contribution in [3.05, 3.63) is 0 Å². The number of hydrogen-bond donors (Lipinski definition) is 2. The highest BCUT2D eigenvalue weighted by molar-refractivity contribution is 4.78. The molecule has 1 saturated heterocycles. The SMILES string of the molecule is CC(C)C(CN)CN1CCOCC1CO. The predicted octanol–water partition coefficient (Wildman–Crippen LogP) is -0.0896. The van der Waals surface area contributed by atoms with Crippen molar-refractivity contribution < 1.29 is 9.84 Å². The zero-order valence-electron chi connectivity index (χ0n) is 9.85. The molecular weight excluding hydrogens is 192 g/mol. The van der Waals surface area contributed by atoms with Gasteiger partial charge in [0.2, 0.25) is 0 Å². The first-order valence-electron chi connectivity index (χ1n) is 5.81. The second kappa shape index (κ2) is 6.43. The second-order valence-electron chi connectivity index (χ2n) is 4.65. The summed E-state index contributed by atoms with van der Waals surface area (Å²) in [6, 6.07) is 0.159. The summed E-state index contributed by atoms with van der Waals surface area (Å²) >= 11 is 0. The van der Waals surface area contributed by atoms with E-state index in [1.807, 2.05) is 0 Å². The van der Waals surface area contributed by atoms with Crippen LogP contribution in [0.1, 0.15) is 13.8 Å². The Morgan fingerprint density at radius 3 is 2.80 bits per heavy atom. The Labute approximate surface area is 92.4 Å². The molecule has 0 radical (unpaired) electrons. The minimum Gasteiger partial charge on any atom is -0.395 e. The summed E-state index contributed by atoms with van der Waals surface area (Å²) in [7, 11) is 0. The summed E-state index contributed by atoms with van der Waals surface area (Å²) in [5.74, 6) is 1.11. The topological polar surface area (TPSA) is 58.7 Å². The Balaban J connectivity index is 2.46. The standard InChI is InChI=1S/C11H24N2O2/c1-9(2)10(5-12)6-13-3-4-15-8-11(13)7-14/h9-11,14H,3-8,12H2,1-2H3. The predicted molar refractivity (Wildman–Crippen MR) is 60.6 cm³/mol. The number of nitrogens with zero attached hydrogens (tertiary/aromatic N) is 1. The van der Waals surface area contributed by atoms with E-state index in [0.717, 1.165) is 19.7 Å². The number of rotatable bonds is 5. The molecule has 15 heavy (non-hydrogen) atoms. The van der Waals surface area contributed by atoms with E-state index in [4.69, 9.17) is 10.5 Å². The quantitative estimate of drug-likeness (QED) is 0.674. The molecule has 1 aliphatic rings. The molecule has 0 amide bonds. The van der Waals surface area contributed by atoms with E-state index in [0.29, 0.717) is 25.0 Å². The summed E-state index contributed by atoms with van der Waals surface area (Å²) < 4.78 is 5.35. The molecule has 0 saturated carbocycles. The molecule has 3 N–H and O–H groups in total. The number of aliphatic hydroxyl groups is 1. The zero-order chi connectivity index (χ0) is 11.3. The Kier molecular flexibility index (Phi) is 5.53. The lowest BCUT2D eigenvalue weighted by atomic mass is 9.95. The fourth-order valence-corrected chi connectivity index (χ4v) is 1.96. The van der Waals surface area contributed by atoms with E-state index in [1.54, 1.807) is 0 Å². The van der Waals surface area contributed by atoms with Gasteiger partial charge >= 0.3 is 0 Å². The van der Waals surface area contributed by atoms with Crippen LogP contribution in [0, 0.1) is 11.8 Å². The first-order valence-corrected chi connectivity index (χ1v) is 5.81. The van der Waals surface area contributed by atoms with Gasteiger partial charge in [0.05, 0.1) is 25.9 Å². The highest BCUT2D eigenvalue weighted by atomic mass is 16.5. The van der Waals surface area contributed by atoms with Gasteiger partial charge in [0, 0.05) is 13.1 Å². The van der Waals surface area contributed by atoms with E-state index < -0.39 is 0 Å². The van der Waals surface area contributed by atoms with Crippen molar-refractivity contribution in [2.75, 3.05) is 39.5 Å². The van der Waals surface area contributed by atoms with Gasteiger partial charge in [-0.15, -0.1) is 0 Å². The van der Waals surface area contributed by atoms with Gasteiger partial charge < -0.3 is 15.6 Å². The van der Waals surface area contributed by atoms with Crippen LogP contribution in [-0.4, -0.2) is 55.5 Å². The van der Waals surface area contributed by atoms with Crippen LogP contribution in [0.3, 0.4) is 0 Å². The summed E-state index contributed by atoms with van der Waals surface area (Å²) in [6.45, 7) is 8.59. The lowest BCUT2D eigenvalue weighted by molar-refractivity contribution is -0.0354. The van der Waals surface area contributed by atoms with Crippen molar-refractivity contribution in [1.29, 1.82) is 0 Å². The van der Waals surface area contributed by atoms with Crippen LogP contribution in [-0.2, 0) is 4.74 Å². The molecule has 1 rings (SSSR count). The van der Waals surface area contributed by atoms with Crippen LogP contribution in [0.2, 0.25) is 0 Å². The largest absolute Gasteiger partial charge is 0.395 e. The second-order valence-corrected chi connectivity index (χ2v) is 4.65. The van der Waals surface area contributed by atoms with Crippen molar-refractivity contribution in [3.63, 3.8) is 0 Å². The average molecular weight is 216 g/mol. The molecule has 4 heteroatoms. The monoisotopic (exact) mass is 216 g/mol. The molecule has 0 aromatic carbocycles. The molecule has 90 valence electrons. The smallest absolute Gasteiger partial charge is 0.0644 e. The van der Waals surface area contributed by atoms with E-state index >= 15 is 0 Å². The Bertz CT molecular complexity index is 176. The molecule has 0 aromatic rings. The van der Waals surface area contributed by atoms with Gasteiger partial charge in [0.1, 0.15) is 0 Å². The van der Waals surface area contributed by atoms with Crippen molar-refractivity contribution in [2.24, 2.45) is 17.6 Å². The van der Waals surface area contributed by atoms with E-state index in [9.17, 15) is 5.11 Å². The van der Waals surface area contributed by atoms with Crippen LogP contribution >= 0.6 is 0 Å². The highest BCUT2D eigenvalue weighted by Crippen LogP contribution is 2.15. The van der Waals surface area contributed by atoms with E-state index in [1.165, 1.54) is 0 Å². The zero-order valence-corrected chi connectivity index (χ0v) is 9.85. The summed E-state index contributed by atoms with van der Waals surface area (Å²) in [5.41, 5.74) is 5.76. The number of aliphatic hydroxyl groups excluding tert-OH is 1. The summed E-state index contributed by atoms with van der Waals surface area (Å²) in [4.78, 5) is 2.31. The van der Waals surface area contributed by atoms with E-state index in [-0.39, 0.29) is 12.6 Å². The summed E-state index contributed by atoms with van der Waals surface area (Å²) in [5, 5.41) is 9.23. The maximum absolute atomic E-state index is 9.23. The Morgan fingerprint density at radius 1 is 1.53 bits per heavy atom. The molecule has 1 aliphatic heterocycles. The number of nitrogens with two attached hydrogens (primary N) is 1. The first kappa shape index (κ1) is 12.9. The van der Waals surface area contributed by atoms with Gasteiger partial charge in [-0.05, 0) is 18.4 Å². The number of hydrogen-bond acceptors (Lipinski definition) is 4. The first-order chi connectivity index (χ1) is 7.19. The molecule has 2 unspecified atom stereocenters. The summed E-state index contributed by atoms with van der Waals surface area (Å²) in [6.07, 6.45) is 0. The van der Waals surface area contributed by atoms with Gasteiger partial charge in [-0.3, -0.25) is 4.90 Å². The fourth-order valence-electron chi connectivity index (χ4n) is 1.96. The number of morpholine rings is 1. The van der Waals surface area contributed by atoms with Crippen LogP contribution in [0.25, 0.3) is 0 Å². The number of ether oxygens (including phenoxy) is 1. The molecule has 4 nitrogen and oxygen atoms in total. The fraction of sp³-hybridized carbons (Fsp3) is 1.00. The maximum Gasteiger partial charge on any atom is 0.0644 e. The molecule has 1 fully saturated rings. The van der Waals surface area contributed by atoms with Gasteiger partial charge in [-0.1, -0.05) is 13.8 Å². The van der Waals surface area contributed by atoms with Gasteiger partial charge in [-0.2, -0.15) is 0 Å². The lowest BCUT2D eigenvalue weighted by Crippen LogP contribution is -2.50. The van der Waals surface area contributed by atoms with Crippen molar-refractivity contribution >= 4 is 0 Å². The molecule has 0 spiro atoms. The highest BCUT2D eigenvalue weighted by Gasteiger charge is 2.25. The molecule has 0 aromatic heterocycles. The van der Waals surface area contributed by atoms with Crippen LogP contribution in [0.5, 0.6) is 0 Å². The minimum absolute atomic E-state index is 0.159. The third-order valence-corrected chi connectivity index (χ3v) is 3.27. The van der Waals surface area contributed by atoms with Gasteiger partial charge in [-0.25, -0.2) is 0 Å². The van der Waals surface area contributed by atoms with Crippen LogP contribution in [0.4, 0.5) is 0 Å². The molecular formula is C11H24N2O2. The molecule has 2 atom stereocenters. The third-order valence-electron chi connectivity index (χ3n) is 3.27. The minimum atomic E-state index is 0.159. The van der Waals surface area contributed by atoms with Gasteiger partial charge in [0.25, 0.3) is 0 Å². The van der Waals surface area contributed by atoms with E-state index in [2.05, 4.69) is 18.7 Å². The average Bonchev–Trinajstić information content (AvgIpc) is 2.25. The lowest BCUT2D eigenvalue weighted by Gasteiger charge is -2.37. The third kappa shape index (κ3) is 3.72. The molecule has 0 aliphatic carbocycles. The van der Waals surface area contributed by atoms with Crippen molar-refractivity contribution in [1.82, 2.24) is 4.90 Å². The Morgan fingerprint density at radius 2 is 2.27 bits per heavy atom. The van der Waals surface area contributed by atoms with Crippen LogP contribution in [0.15, 0.2) is 0 Å². The molecule has 1 heterocycles. The van der Waals surface area contributed by atoms with Crippen LogP contribution < -0.4 is 5.73 Å². The molecule has 0 bridgehead atoms. The normalized spacial score (nSPS) is 25.8.